The third-order valence-corrected chi connectivity index (χ3v) is 6.39. The first-order valence-corrected chi connectivity index (χ1v) is 10.5. The minimum atomic E-state index is -0.333. The fourth-order valence-corrected chi connectivity index (χ4v) is 4.82. The van der Waals surface area contributed by atoms with E-state index in [0.717, 1.165) is 16.3 Å². The SMILES string of the molecule is CC(=O)Oc1cccc(Sc2ccc(C(=O)N[C@H]3CN4CCC3CC4)cc2)c1. The summed E-state index contributed by atoms with van der Waals surface area (Å²) in [4.78, 5) is 28.2. The topological polar surface area (TPSA) is 58.6 Å². The number of ether oxygens (including phenoxy) is 1. The molecule has 0 aliphatic carbocycles. The van der Waals surface area contributed by atoms with E-state index < -0.39 is 0 Å². The molecule has 0 spiro atoms. The average molecular weight is 397 g/mol. The predicted molar refractivity (Wildman–Crippen MR) is 109 cm³/mol. The lowest BCUT2D eigenvalue weighted by Crippen LogP contribution is -2.57. The molecule has 3 heterocycles. The number of carbonyl (C=O) groups excluding carboxylic acids is 2. The Hall–Kier alpha value is -2.31. The number of fused-ring (bicyclic) bond motifs is 3. The number of nitrogens with zero attached hydrogens (tertiary/aromatic N) is 1. The second kappa shape index (κ2) is 8.37. The maximum Gasteiger partial charge on any atom is 0.308 e. The maximum atomic E-state index is 12.6. The molecule has 0 unspecified atom stereocenters. The van der Waals surface area contributed by atoms with Crippen LogP contribution in [0, 0.1) is 5.92 Å². The molecule has 0 aromatic heterocycles. The van der Waals surface area contributed by atoms with Gasteiger partial charge >= 0.3 is 5.97 Å². The van der Waals surface area contributed by atoms with Crippen LogP contribution in [0.4, 0.5) is 0 Å². The van der Waals surface area contributed by atoms with Gasteiger partial charge in [0.05, 0.1) is 0 Å². The lowest BCUT2D eigenvalue weighted by molar-refractivity contribution is -0.131. The van der Waals surface area contributed by atoms with Crippen molar-refractivity contribution in [2.75, 3.05) is 19.6 Å². The van der Waals surface area contributed by atoms with Crippen molar-refractivity contribution in [3.8, 4) is 5.75 Å². The highest BCUT2D eigenvalue weighted by Gasteiger charge is 2.34. The third-order valence-electron chi connectivity index (χ3n) is 5.39. The minimum absolute atomic E-state index is 0.00663. The van der Waals surface area contributed by atoms with Crippen LogP contribution in [0.3, 0.4) is 0 Å². The quantitative estimate of drug-likeness (QED) is 0.618. The Morgan fingerprint density at radius 1 is 1.07 bits per heavy atom. The number of carbonyl (C=O) groups is 2. The van der Waals surface area contributed by atoms with E-state index in [2.05, 4.69) is 10.2 Å². The van der Waals surface area contributed by atoms with Gasteiger partial charge in [-0.3, -0.25) is 9.59 Å². The highest BCUT2D eigenvalue weighted by atomic mass is 32.2. The fraction of sp³-hybridized carbons (Fsp3) is 0.364. The molecule has 3 aliphatic heterocycles. The lowest BCUT2D eigenvalue weighted by Gasteiger charge is -2.44. The van der Waals surface area contributed by atoms with Gasteiger partial charge in [-0.05, 0) is 74.3 Å². The van der Waals surface area contributed by atoms with Gasteiger partial charge in [-0.1, -0.05) is 17.8 Å². The summed E-state index contributed by atoms with van der Waals surface area (Å²) >= 11 is 1.57. The van der Waals surface area contributed by atoms with E-state index in [0.29, 0.717) is 17.2 Å². The molecule has 0 radical (unpaired) electrons. The van der Waals surface area contributed by atoms with Crippen molar-refractivity contribution in [2.45, 2.75) is 35.6 Å². The van der Waals surface area contributed by atoms with Gasteiger partial charge in [-0.2, -0.15) is 0 Å². The highest BCUT2D eigenvalue weighted by Crippen LogP contribution is 2.31. The van der Waals surface area contributed by atoms with E-state index in [1.165, 1.54) is 32.9 Å². The van der Waals surface area contributed by atoms with Gasteiger partial charge in [0.2, 0.25) is 0 Å². The number of nitrogens with one attached hydrogen (secondary N) is 1. The molecule has 5 rings (SSSR count). The molecule has 1 N–H and O–H groups in total. The van der Waals surface area contributed by atoms with Crippen molar-refractivity contribution in [2.24, 2.45) is 5.92 Å². The second-order valence-corrected chi connectivity index (χ2v) is 8.56. The van der Waals surface area contributed by atoms with Gasteiger partial charge in [0, 0.05) is 34.9 Å². The van der Waals surface area contributed by atoms with Crippen LogP contribution in [-0.4, -0.2) is 42.5 Å². The van der Waals surface area contributed by atoms with Crippen molar-refractivity contribution < 1.29 is 14.3 Å². The number of esters is 1. The monoisotopic (exact) mass is 396 g/mol. The Kier molecular flexibility index (Phi) is 5.69. The largest absolute Gasteiger partial charge is 0.427 e. The molecule has 2 aromatic carbocycles. The number of benzene rings is 2. The lowest BCUT2D eigenvalue weighted by atomic mass is 9.84. The standard InChI is InChI=1S/C22H24N2O3S/c1-15(25)27-18-3-2-4-20(13-18)28-19-7-5-17(6-8-19)22(26)23-21-14-24-11-9-16(21)10-12-24/h2-8,13,16,21H,9-12,14H2,1H3,(H,23,26)/t21-/m0/s1. The zero-order chi connectivity index (χ0) is 19.5. The van der Waals surface area contributed by atoms with Crippen molar-refractivity contribution in [3.05, 3.63) is 54.1 Å². The molecule has 0 saturated carbocycles. The normalized spacial score (nSPS) is 23.2. The first kappa shape index (κ1) is 19.0. The Bertz CT molecular complexity index is 860. The van der Waals surface area contributed by atoms with Gasteiger partial charge in [-0.15, -0.1) is 0 Å². The summed E-state index contributed by atoms with van der Waals surface area (Å²) in [5.41, 5.74) is 0.689. The Morgan fingerprint density at radius 3 is 2.46 bits per heavy atom. The van der Waals surface area contributed by atoms with E-state index in [1.54, 1.807) is 17.8 Å². The Labute approximate surface area is 169 Å². The van der Waals surface area contributed by atoms with Crippen molar-refractivity contribution in [1.82, 2.24) is 10.2 Å². The van der Waals surface area contributed by atoms with Gasteiger partial charge in [-0.25, -0.2) is 0 Å². The molecule has 2 aromatic rings. The van der Waals surface area contributed by atoms with Crippen LogP contribution in [0.2, 0.25) is 0 Å². The second-order valence-electron chi connectivity index (χ2n) is 7.41. The van der Waals surface area contributed by atoms with Gasteiger partial charge in [0.25, 0.3) is 5.91 Å². The van der Waals surface area contributed by atoms with Crippen LogP contribution in [-0.2, 0) is 4.79 Å². The number of piperidine rings is 3. The summed E-state index contributed by atoms with van der Waals surface area (Å²) in [6.45, 7) is 4.70. The smallest absolute Gasteiger partial charge is 0.308 e. The Balaban J connectivity index is 1.37. The maximum absolute atomic E-state index is 12.6. The summed E-state index contributed by atoms with van der Waals surface area (Å²) in [7, 11) is 0. The fourth-order valence-electron chi connectivity index (χ4n) is 3.96. The zero-order valence-corrected chi connectivity index (χ0v) is 16.7. The van der Waals surface area contributed by atoms with Crippen molar-refractivity contribution >= 4 is 23.6 Å². The molecule has 2 bridgehead atoms. The summed E-state index contributed by atoms with van der Waals surface area (Å²) in [5, 5.41) is 3.23. The van der Waals surface area contributed by atoms with Crippen LogP contribution < -0.4 is 10.1 Å². The summed E-state index contributed by atoms with van der Waals surface area (Å²) in [5.74, 6) is 0.826. The Morgan fingerprint density at radius 2 is 1.82 bits per heavy atom. The van der Waals surface area contributed by atoms with Gasteiger partial charge in [0.15, 0.2) is 0 Å². The summed E-state index contributed by atoms with van der Waals surface area (Å²) < 4.78 is 5.13. The first-order valence-electron chi connectivity index (χ1n) is 9.66. The van der Waals surface area contributed by atoms with E-state index >= 15 is 0 Å². The van der Waals surface area contributed by atoms with Crippen LogP contribution in [0.25, 0.3) is 0 Å². The van der Waals surface area contributed by atoms with E-state index in [4.69, 9.17) is 4.74 Å². The van der Waals surface area contributed by atoms with Crippen molar-refractivity contribution in [1.29, 1.82) is 0 Å². The molecular formula is C22H24N2O3S. The minimum Gasteiger partial charge on any atom is -0.427 e. The molecule has 3 aliphatic rings. The third kappa shape index (κ3) is 4.56. The number of hydrogen-bond acceptors (Lipinski definition) is 5. The number of rotatable bonds is 5. The van der Waals surface area contributed by atoms with Gasteiger partial charge < -0.3 is 15.0 Å². The van der Waals surface area contributed by atoms with E-state index in [1.807, 2.05) is 42.5 Å². The molecular weight excluding hydrogens is 372 g/mol. The van der Waals surface area contributed by atoms with Crippen LogP contribution in [0.15, 0.2) is 58.3 Å². The van der Waals surface area contributed by atoms with Crippen LogP contribution >= 0.6 is 11.8 Å². The molecule has 146 valence electrons. The van der Waals surface area contributed by atoms with Crippen molar-refractivity contribution in [3.63, 3.8) is 0 Å². The number of amides is 1. The molecule has 1 atom stereocenters. The molecule has 6 heteroatoms. The first-order chi connectivity index (χ1) is 13.6. The zero-order valence-electron chi connectivity index (χ0n) is 15.9. The average Bonchev–Trinajstić information content (AvgIpc) is 2.69. The highest BCUT2D eigenvalue weighted by molar-refractivity contribution is 7.99. The molecule has 5 nitrogen and oxygen atoms in total. The molecule has 3 saturated heterocycles. The molecule has 1 amide bonds. The predicted octanol–water partition coefficient (Wildman–Crippen LogP) is 3.59. The van der Waals surface area contributed by atoms with Gasteiger partial charge in [0.1, 0.15) is 5.75 Å². The molecule has 28 heavy (non-hydrogen) atoms. The van der Waals surface area contributed by atoms with E-state index in [-0.39, 0.29) is 17.9 Å². The van der Waals surface area contributed by atoms with E-state index in [9.17, 15) is 9.59 Å². The number of hydrogen-bond donors (Lipinski definition) is 1. The molecule has 3 fully saturated rings. The summed E-state index contributed by atoms with van der Waals surface area (Å²) in [6.07, 6.45) is 2.37. The van der Waals surface area contributed by atoms with Crippen LogP contribution in [0.5, 0.6) is 5.75 Å². The summed E-state index contributed by atoms with van der Waals surface area (Å²) in [6, 6.07) is 15.3. The van der Waals surface area contributed by atoms with Crippen LogP contribution in [0.1, 0.15) is 30.1 Å².